The number of hydrogen-bond acceptors (Lipinski definition) is 3. The van der Waals surface area contributed by atoms with Gasteiger partial charge in [-0.15, -0.1) is 0 Å². The Labute approximate surface area is 104 Å². The number of methoxy groups -OCH3 is 1. The Morgan fingerprint density at radius 2 is 2.12 bits per heavy atom. The molecule has 1 amide bonds. The first kappa shape index (κ1) is 12.8. The molecule has 0 aromatic rings. The number of piperidine rings is 2. The molecule has 0 aromatic carbocycles. The third-order valence-corrected chi connectivity index (χ3v) is 3.88. The summed E-state index contributed by atoms with van der Waals surface area (Å²) < 4.78 is 5.23. The van der Waals surface area contributed by atoms with Crippen molar-refractivity contribution < 1.29 is 9.53 Å². The van der Waals surface area contributed by atoms with Gasteiger partial charge in [-0.05, 0) is 38.6 Å². The van der Waals surface area contributed by atoms with Crippen molar-refractivity contribution in [3.05, 3.63) is 0 Å². The summed E-state index contributed by atoms with van der Waals surface area (Å²) in [4.78, 5) is 14.5. The lowest BCUT2D eigenvalue weighted by Crippen LogP contribution is -2.54. The molecule has 0 spiro atoms. The minimum atomic E-state index is 0.0567. The number of ether oxygens (including phenoxy) is 1. The van der Waals surface area contributed by atoms with Crippen molar-refractivity contribution in [3.63, 3.8) is 0 Å². The molecule has 0 radical (unpaired) electrons. The quantitative estimate of drug-likeness (QED) is 0.805. The van der Waals surface area contributed by atoms with E-state index in [4.69, 9.17) is 4.74 Å². The van der Waals surface area contributed by atoms with E-state index in [-0.39, 0.29) is 6.04 Å². The van der Waals surface area contributed by atoms with E-state index in [1.54, 1.807) is 7.11 Å². The van der Waals surface area contributed by atoms with Crippen LogP contribution in [0.5, 0.6) is 0 Å². The second kappa shape index (κ2) is 6.36. The normalized spacial score (nSPS) is 30.3. The number of amides is 1. The number of carbonyl (C=O) groups excluding carboxylic acids is 1. The zero-order valence-electron chi connectivity index (χ0n) is 10.8. The molecule has 2 aliphatic heterocycles. The number of nitrogens with zero attached hydrogens (tertiary/aromatic N) is 1. The van der Waals surface area contributed by atoms with Crippen LogP contribution in [0.25, 0.3) is 0 Å². The minimum Gasteiger partial charge on any atom is -0.383 e. The number of nitrogens with one attached hydrogen (secondary N) is 1. The Bertz CT molecular complexity index is 250. The van der Waals surface area contributed by atoms with Crippen LogP contribution >= 0.6 is 0 Å². The van der Waals surface area contributed by atoms with Crippen LogP contribution in [0.15, 0.2) is 0 Å². The highest BCUT2D eigenvalue weighted by molar-refractivity contribution is 5.82. The first-order chi connectivity index (χ1) is 8.33. The van der Waals surface area contributed by atoms with E-state index in [0.29, 0.717) is 18.6 Å². The second-order valence-electron chi connectivity index (χ2n) is 5.14. The molecule has 98 valence electrons. The summed E-state index contributed by atoms with van der Waals surface area (Å²) in [5.41, 5.74) is 0. The minimum absolute atomic E-state index is 0.0567. The van der Waals surface area contributed by atoms with Gasteiger partial charge >= 0.3 is 0 Å². The van der Waals surface area contributed by atoms with Crippen LogP contribution in [0.4, 0.5) is 0 Å². The average molecular weight is 240 g/mol. The van der Waals surface area contributed by atoms with Gasteiger partial charge in [0.1, 0.15) is 0 Å². The Morgan fingerprint density at radius 1 is 1.29 bits per heavy atom. The summed E-state index contributed by atoms with van der Waals surface area (Å²) in [6, 6.07) is 0.353. The SMILES string of the molecule is COC[C@@H]1CCCCN1C(=O)[C@@H]1CCCCN1. The summed E-state index contributed by atoms with van der Waals surface area (Å²) in [7, 11) is 1.72. The molecule has 2 fully saturated rings. The van der Waals surface area contributed by atoms with Crippen molar-refractivity contribution in [2.24, 2.45) is 0 Å². The van der Waals surface area contributed by atoms with Crippen molar-refractivity contribution in [2.45, 2.75) is 50.6 Å². The van der Waals surface area contributed by atoms with Crippen LogP contribution < -0.4 is 5.32 Å². The lowest BCUT2D eigenvalue weighted by atomic mass is 9.98. The van der Waals surface area contributed by atoms with E-state index in [2.05, 4.69) is 10.2 Å². The van der Waals surface area contributed by atoms with Gasteiger partial charge in [0.15, 0.2) is 0 Å². The topological polar surface area (TPSA) is 41.6 Å². The summed E-state index contributed by atoms with van der Waals surface area (Å²) in [5.74, 6) is 0.298. The molecule has 0 aromatic heterocycles. The molecule has 0 unspecified atom stereocenters. The molecular formula is C13H24N2O2. The fourth-order valence-electron chi connectivity index (χ4n) is 2.92. The van der Waals surface area contributed by atoms with Gasteiger partial charge in [-0.25, -0.2) is 0 Å². The van der Waals surface area contributed by atoms with Crippen LogP contribution in [-0.2, 0) is 9.53 Å². The van der Waals surface area contributed by atoms with Crippen LogP contribution in [0, 0.1) is 0 Å². The fraction of sp³-hybridized carbons (Fsp3) is 0.923. The highest BCUT2D eigenvalue weighted by Gasteiger charge is 2.31. The molecule has 2 aliphatic rings. The maximum absolute atomic E-state index is 12.4. The van der Waals surface area contributed by atoms with E-state index in [9.17, 15) is 4.79 Å². The second-order valence-corrected chi connectivity index (χ2v) is 5.14. The van der Waals surface area contributed by atoms with Gasteiger partial charge in [0.05, 0.1) is 18.7 Å². The summed E-state index contributed by atoms with van der Waals surface area (Å²) in [6.07, 6.45) is 6.81. The first-order valence-corrected chi connectivity index (χ1v) is 6.85. The predicted octanol–water partition coefficient (Wildman–Crippen LogP) is 1.16. The lowest BCUT2D eigenvalue weighted by Gasteiger charge is -2.38. The Balaban J connectivity index is 1.94. The van der Waals surface area contributed by atoms with Crippen molar-refractivity contribution >= 4 is 5.91 Å². The monoisotopic (exact) mass is 240 g/mol. The molecule has 2 rings (SSSR count). The Kier molecular flexibility index (Phi) is 4.80. The number of likely N-dealkylation sites (tertiary alicyclic amines) is 1. The Hall–Kier alpha value is -0.610. The van der Waals surface area contributed by atoms with E-state index in [1.807, 2.05) is 0 Å². The molecule has 0 bridgehead atoms. The van der Waals surface area contributed by atoms with Crippen molar-refractivity contribution in [2.75, 3.05) is 26.8 Å². The van der Waals surface area contributed by atoms with Gasteiger partial charge in [0, 0.05) is 13.7 Å². The Morgan fingerprint density at radius 3 is 2.82 bits per heavy atom. The lowest BCUT2D eigenvalue weighted by molar-refractivity contribution is -0.139. The van der Waals surface area contributed by atoms with E-state index in [1.165, 1.54) is 19.3 Å². The highest BCUT2D eigenvalue weighted by Crippen LogP contribution is 2.20. The first-order valence-electron chi connectivity index (χ1n) is 6.85. The predicted molar refractivity (Wildman–Crippen MR) is 66.9 cm³/mol. The zero-order valence-corrected chi connectivity index (χ0v) is 10.8. The van der Waals surface area contributed by atoms with E-state index in [0.717, 1.165) is 32.4 Å². The van der Waals surface area contributed by atoms with Crippen molar-refractivity contribution in [1.82, 2.24) is 10.2 Å². The number of carbonyl (C=O) groups is 1. The standard InChI is InChI=1S/C13H24N2O2/c1-17-10-11-6-3-5-9-15(11)13(16)12-7-2-4-8-14-12/h11-12,14H,2-10H2,1H3/t11-,12-/m0/s1. The maximum atomic E-state index is 12.4. The molecule has 0 saturated carbocycles. The molecule has 17 heavy (non-hydrogen) atoms. The number of hydrogen-bond donors (Lipinski definition) is 1. The molecule has 1 N–H and O–H groups in total. The highest BCUT2D eigenvalue weighted by atomic mass is 16.5. The fourth-order valence-corrected chi connectivity index (χ4v) is 2.92. The molecule has 2 saturated heterocycles. The van der Waals surface area contributed by atoms with Gasteiger partial charge in [-0.2, -0.15) is 0 Å². The molecule has 0 aliphatic carbocycles. The molecule has 4 heteroatoms. The van der Waals surface area contributed by atoms with Crippen LogP contribution in [0.3, 0.4) is 0 Å². The van der Waals surface area contributed by atoms with E-state index >= 15 is 0 Å². The number of rotatable bonds is 3. The average Bonchev–Trinajstić information content (AvgIpc) is 2.40. The summed E-state index contributed by atoms with van der Waals surface area (Å²) in [6.45, 7) is 2.57. The third kappa shape index (κ3) is 3.19. The molecule has 2 heterocycles. The van der Waals surface area contributed by atoms with Gasteiger partial charge in [0.25, 0.3) is 0 Å². The smallest absolute Gasteiger partial charge is 0.240 e. The van der Waals surface area contributed by atoms with Crippen molar-refractivity contribution in [1.29, 1.82) is 0 Å². The largest absolute Gasteiger partial charge is 0.383 e. The van der Waals surface area contributed by atoms with E-state index < -0.39 is 0 Å². The van der Waals surface area contributed by atoms with Crippen molar-refractivity contribution in [3.8, 4) is 0 Å². The van der Waals surface area contributed by atoms with Gasteiger partial charge in [-0.1, -0.05) is 6.42 Å². The third-order valence-electron chi connectivity index (χ3n) is 3.88. The molecule has 2 atom stereocenters. The summed E-state index contributed by atoms with van der Waals surface area (Å²) in [5, 5.41) is 3.35. The van der Waals surface area contributed by atoms with Crippen LogP contribution in [0.2, 0.25) is 0 Å². The van der Waals surface area contributed by atoms with Gasteiger partial charge < -0.3 is 15.0 Å². The molecular weight excluding hydrogens is 216 g/mol. The van der Waals surface area contributed by atoms with Crippen LogP contribution in [-0.4, -0.2) is 49.7 Å². The maximum Gasteiger partial charge on any atom is 0.240 e. The molecule has 4 nitrogen and oxygen atoms in total. The zero-order chi connectivity index (χ0) is 12.1. The van der Waals surface area contributed by atoms with Gasteiger partial charge in [0.2, 0.25) is 5.91 Å². The van der Waals surface area contributed by atoms with Crippen LogP contribution in [0.1, 0.15) is 38.5 Å². The van der Waals surface area contributed by atoms with Gasteiger partial charge in [-0.3, -0.25) is 4.79 Å². The summed E-state index contributed by atoms with van der Waals surface area (Å²) >= 11 is 0.